The van der Waals surface area contributed by atoms with Gasteiger partial charge in [0, 0.05) is 0 Å². The molecule has 3 nitrogen and oxygen atoms in total. The average Bonchev–Trinajstić information content (AvgIpc) is 1.30. The molecule has 0 spiro atoms. The van der Waals surface area contributed by atoms with E-state index < -0.39 is 8.64 Å². The van der Waals surface area contributed by atoms with Crippen molar-refractivity contribution in [2.24, 2.45) is 0 Å². The maximum atomic E-state index is 9.84. The Hall–Kier alpha value is 0.404. The van der Waals surface area contributed by atoms with Crippen LogP contribution in [0.15, 0.2) is 0 Å². The Balaban J connectivity index is 3.60. The van der Waals surface area contributed by atoms with Gasteiger partial charge in [0.1, 0.15) is 0 Å². The van der Waals surface area contributed by atoms with E-state index >= 15 is 0 Å². The van der Waals surface area contributed by atoms with Crippen LogP contribution in [0.4, 0.5) is 0 Å². The van der Waals surface area contributed by atoms with E-state index in [9.17, 15) is 8.42 Å². The van der Waals surface area contributed by atoms with Crippen LogP contribution < -0.4 is 0 Å². The third kappa shape index (κ3) is 6.40. The Morgan fingerprint density at radius 2 is 2.14 bits per heavy atom. The normalized spacial score (nSPS) is 11.9. The monoisotopic (exact) mass is 167 g/mol. The second-order valence-electron chi connectivity index (χ2n) is 0.769. The summed E-state index contributed by atoms with van der Waals surface area (Å²) in [4.78, 5) is 0. The van der Waals surface area contributed by atoms with Gasteiger partial charge in [0.15, 0.2) is 0 Å². The fraction of sp³-hybridized carbons (Fsp3) is 1.00. The van der Waals surface area contributed by atoms with Gasteiger partial charge in [0.2, 0.25) is 0 Å². The Labute approximate surface area is 49.7 Å². The van der Waals surface area contributed by atoms with E-state index in [1.807, 2.05) is 0 Å². The van der Waals surface area contributed by atoms with Gasteiger partial charge in [-0.15, -0.1) is 0 Å². The summed E-state index contributed by atoms with van der Waals surface area (Å²) < 4.78 is 23.7. The van der Waals surface area contributed by atoms with Crippen molar-refractivity contribution < 1.29 is 27.0 Å². The third-order valence-corrected chi connectivity index (χ3v) is 1.10. The topological polar surface area (TPSA) is 43.4 Å². The van der Waals surface area contributed by atoms with E-state index in [0.29, 0.717) is 0 Å². The molecule has 7 heavy (non-hydrogen) atoms. The zero-order chi connectivity index (χ0) is 5.91. The molecule has 0 aromatic rings. The molecule has 0 aromatic heterocycles. The van der Waals surface area contributed by atoms with Gasteiger partial charge in [0.05, 0.1) is 0 Å². The van der Waals surface area contributed by atoms with Crippen molar-refractivity contribution in [2.75, 3.05) is 6.61 Å². The van der Waals surface area contributed by atoms with Gasteiger partial charge >= 0.3 is 49.1 Å². The molecule has 0 amide bonds. The summed E-state index contributed by atoms with van der Waals surface area (Å²) in [7, 11) is -3.55. The van der Waals surface area contributed by atoms with Gasteiger partial charge in [-0.25, -0.2) is 0 Å². The van der Waals surface area contributed by atoms with Gasteiger partial charge < -0.3 is 0 Å². The first kappa shape index (κ1) is 7.40. The number of hydrogen-bond donors (Lipinski definition) is 0. The van der Waals surface area contributed by atoms with Crippen molar-refractivity contribution >= 4 is 8.64 Å². The first-order valence-corrected chi connectivity index (χ1v) is 4.09. The summed E-state index contributed by atoms with van der Waals surface area (Å²) in [5.74, 6) is 0. The molecule has 5 heteroatoms. The third-order valence-electron chi connectivity index (χ3n) is 0.251. The standard InChI is InChI=1S/C2H5O3S.Ni/c1-2-5-6(3)4;/h2H2,1H3;. The van der Waals surface area contributed by atoms with Crippen LogP contribution in [0.2, 0.25) is 0 Å². The Bertz CT molecular complexity index is 126. The summed E-state index contributed by atoms with van der Waals surface area (Å²) in [6, 6.07) is 0. The first-order valence-electron chi connectivity index (χ1n) is 1.62. The Morgan fingerprint density at radius 1 is 1.71 bits per heavy atom. The molecule has 0 aliphatic heterocycles. The van der Waals surface area contributed by atoms with Crippen molar-refractivity contribution in [3.05, 3.63) is 0 Å². The quantitative estimate of drug-likeness (QED) is 0.536. The fourth-order valence-electron chi connectivity index (χ4n) is 0.133. The zero-order valence-electron chi connectivity index (χ0n) is 3.66. The molecule has 47 valence electrons. The van der Waals surface area contributed by atoms with E-state index in [0.717, 1.165) is 0 Å². The summed E-state index contributed by atoms with van der Waals surface area (Å²) in [5.41, 5.74) is 0. The molecule has 0 aliphatic carbocycles. The number of rotatable bonds is 2. The van der Waals surface area contributed by atoms with Crippen LogP contribution in [0.5, 0.6) is 0 Å². The minimum absolute atomic E-state index is 0.127. The van der Waals surface area contributed by atoms with Crippen molar-refractivity contribution in [3.63, 3.8) is 0 Å². The van der Waals surface area contributed by atoms with Crippen LogP contribution in [0.25, 0.3) is 0 Å². The molecule has 0 saturated heterocycles. The van der Waals surface area contributed by atoms with Crippen LogP contribution in [0.1, 0.15) is 6.92 Å². The van der Waals surface area contributed by atoms with Crippen molar-refractivity contribution in [2.45, 2.75) is 6.92 Å². The molecule has 0 unspecified atom stereocenters. The molecule has 0 N–H and O–H groups in total. The summed E-state index contributed by atoms with van der Waals surface area (Å²) in [6.07, 6.45) is 0. The zero-order valence-corrected chi connectivity index (χ0v) is 5.46. The van der Waals surface area contributed by atoms with Crippen LogP contribution in [0, 0.1) is 0 Å². The van der Waals surface area contributed by atoms with Gasteiger partial charge in [-0.05, 0) is 0 Å². The van der Waals surface area contributed by atoms with E-state index in [-0.39, 0.29) is 6.61 Å². The molecule has 0 heterocycles. The molecule has 0 fully saturated rings. The van der Waals surface area contributed by atoms with E-state index in [2.05, 4.69) is 18.6 Å². The van der Waals surface area contributed by atoms with Crippen molar-refractivity contribution in [1.82, 2.24) is 0 Å². The molecule has 0 saturated carbocycles. The predicted octanol–water partition coefficient (Wildman–Crippen LogP) is -0.185. The second kappa shape index (κ2) is 2.65. The van der Waals surface area contributed by atoms with E-state index in [1.54, 1.807) is 6.92 Å². The average molecular weight is 168 g/mol. The second-order valence-corrected chi connectivity index (χ2v) is 3.21. The van der Waals surface area contributed by atoms with Gasteiger partial charge in [-0.3, -0.25) is 0 Å². The predicted molar refractivity (Wildman–Crippen MR) is 20.5 cm³/mol. The van der Waals surface area contributed by atoms with Crippen LogP contribution in [-0.2, 0) is 27.2 Å². The molecule has 0 rings (SSSR count). The SMILES string of the molecule is CCO[S](=O)(=O)[Ni]. The Kier molecular flexibility index (Phi) is 2.80. The van der Waals surface area contributed by atoms with Crippen LogP contribution in [0.3, 0.4) is 0 Å². The maximum absolute atomic E-state index is 9.84. The number of hydrogen-bond acceptors (Lipinski definition) is 3. The molecular formula is C2H5NiO3S. The molecule has 0 radical (unpaired) electrons. The van der Waals surface area contributed by atoms with Crippen LogP contribution in [-0.4, -0.2) is 15.0 Å². The van der Waals surface area contributed by atoms with E-state index in [4.69, 9.17) is 0 Å². The summed E-state index contributed by atoms with van der Waals surface area (Å²) in [5, 5.41) is 0. The molecule has 0 atom stereocenters. The summed E-state index contributed by atoms with van der Waals surface area (Å²) >= 11 is 3.55. The molecule has 0 aromatic carbocycles. The van der Waals surface area contributed by atoms with Gasteiger partial charge in [0.25, 0.3) is 0 Å². The van der Waals surface area contributed by atoms with Crippen molar-refractivity contribution in [3.8, 4) is 0 Å². The van der Waals surface area contributed by atoms with Gasteiger partial charge in [-0.2, -0.15) is 0 Å². The van der Waals surface area contributed by atoms with Crippen molar-refractivity contribution in [1.29, 1.82) is 0 Å². The molecule has 0 bridgehead atoms. The summed E-state index contributed by atoms with van der Waals surface area (Å²) in [6.45, 7) is 1.69. The first-order chi connectivity index (χ1) is 3.06. The minimum atomic E-state index is -3.55. The van der Waals surface area contributed by atoms with Gasteiger partial charge in [-0.1, -0.05) is 0 Å². The van der Waals surface area contributed by atoms with Crippen LogP contribution >= 0.6 is 0 Å². The van der Waals surface area contributed by atoms with E-state index in [1.165, 1.54) is 0 Å². The Morgan fingerprint density at radius 3 is 2.14 bits per heavy atom. The fourth-order valence-corrected chi connectivity index (χ4v) is 0.750. The molecule has 0 aliphatic rings. The molecular weight excluding hydrogens is 163 g/mol.